The normalized spacial score (nSPS) is 20.4. The van der Waals surface area contributed by atoms with E-state index in [0.29, 0.717) is 12.0 Å². The summed E-state index contributed by atoms with van der Waals surface area (Å²) in [6, 6.07) is 0. The molecule has 0 aromatic carbocycles. The molecule has 1 rings (SSSR count). The van der Waals surface area contributed by atoms with Crippen LogP contribution in [0.25, 0.3) is 0 Å². The molecule has 1 saturated carbocycles. The van der Waals surface area contributed by atoms with E-state index in [-0.39, 0.29) is 6.10 Å². The van der Waals surface area contributed by atoms with Crippen molar-refractivity contribution in [3.05, 3.63) is 0 Å². The summed E-state index contributed by atoms with van der Waals surface area (Å²) in [6.07, 6.45) is 13.7. The van der Waals surface area contributed by atoms with Gasteiger partial charge in [-0.2, -0.15) is 0 Å². The van der Waals surface area contributed by atoms with Crippen LogP contribution in [0.4, 0.5) is 0 Å². The highest BCUT2D eigenvalue weighted by molar-refractivity contribution is 4.82. The second-order valence-electron chi connectivity index (χ2n) is 6.48. The highest BCUT2D eigenvalue weighted by atomic mass is 16.5. The topological polar surface area (TPSA) is 29.5 Å². The van der Waals surface area contributed by atoms with Crippen LogP contribution < -0.4 is 0 Å². The lowest BCUT2D eigenvalue weighted by molar-refractivity contribution is -0.0270. The molecule has 1 aliphatic rings. The lowest BCUT2D eigenvalue weighted by Gasteiger charge is -2.37. The van der Waals surface area contributed by atoms with E-state index in [9.17, 15) is 5.11 Å². The van der Waals surface area contributed by atoms with Crippen LogP contribution in [0.15, 0.2) is 0 Å². The smallest absolute Gasteiger partial charge is 0.0773 e. The van der Waals surface area contributed by atoms with Gasteiger partial charge in [0.2, 0.25) is 0 Å². The minimum absolute atomic E-state index is 0.263. The Hall–Kier alpha value is -0.0800. The first-order chi connectivity index (χ1) is 9.22. The fourth-order valence-electron chi connectivity index (χ4n) is 3.35. The number of aliphatic hydroxyl groups is 1. The van der Waals surface area contributed by atoms with Crippen LogP contribution >= 0.6 is 0 Å². The molecule has 1 N–H and O–H groups in total. The number of rotatable bonds is 10. The van der Waals surface area contributed by atoms with Gasteiger partial charge in [0.05, 0.1) is 19.3 Å². The van der Waals surface area contributed by atoms with Gasteiger partial charge in [0, 0.05) is 0 Å². The van der Waals surface area contributed by atoms with Gasteiger partial charge in [0.15, 0.2) is 0 Å². The lowest BCUT2D eigenvalue weighted by Crippen LogP contribution is -2.31. The number of ether oxygens (including phenoxy) is 1. The number of hydrogen-bond acceptors (Lipinski definition) is 2. The molecule has 1 fully saturated rings. The average Bonchev–Trinajstić information content (AvgIpc) is 2.40. The van der Waals surface area contributed by atoms with Gasteiger partial charge in [0.25, 0.3) is 0 Å². The summed E-state index contributed by atoms with van der Waals surface area (Å²) in [6.45, 7) is 5.78. The van der Waals surface area contributed by atoms with Crippen molar-refractivity contribution in [3.63, 3.8) is 0 Å². The minimum atomic E-state index is -0.263. The van der Waals surface area contributed by atoms with Crippen molar-refractivity contribution >= 4 is 0 Å². The maximum absolute atomic E-state index is 9.75. The van der Waals surface area contributed by atoms with Gasteiger partial charge in [-0.1, -0.05) is 58.8 Å². The summed E-state index contributed by atoms with van der Waals surface area (Å²) in [5.74, 6) is 0. The van der Waals surface area contributed by atoms with E-state index >= 15 is 0 Å². The molecule has 1 atom stereocenters. The highest BCUT2D eigenvalue weighted by Gasteiger charge is 2.31. The van der Waals surface area contributed by atoms with Crippen LogP contribution in [0.1, 0.15) is 84.5 Å². The van der Waals surface area contributed by atoms with Gasteiger partial charge >= 0.3 is 0 Å². The molecule has 0 heterocycles. The van der Waals surface area contributed by atoms with Crippen LogP contribution in [-0.2, 0) is 4.74 Å². The SMILES string of the molecule is CCCCCC1(COCC(O)CCC)CCCCC1. The monoisotopic (exact) mass is 270 g/mol. The summed E-state index contributed by atoms with van der Waals surface area (Å²) in [4.78, 5) is 0. The largest absolute Gasteiger partial charge is 0.391 e. The lowest BCUT2D eigenvalue weighted by atomic mass is 9.71. The van der Waals surface area contributed by atoms with E-state index < -0.39 is 0 Å². The Morgan fingerprint density at radius 3 is 2.42 bits per heavy atom. The second-order valence-corrected chi connectivity index (χ2v) is 6.48. The maximum atomic E-state index is 9.75. The molecule has 0 aromatic heterocycles. The second kappa shape index (κ2) is 9.77. The molecule has 1 unspecified atom stereocenters. The molecule has 0 spiro atoms. The van der Waals surface area contributed by atoms with Crippen molar-refractivity contribution in [2.24, 2.45) is 5.41 Å². The minimum Gasteiger partial charge on any atom is -0.391 e. The molecule has 0 radical (unpaired) electrons. The van der Waals surface area contributed by atoms with E-state index in [1.165, 1.54) is 57.8 Å². The van der Waals surface area contributed by atoms with E-state index in [0.717, 1.165) is 19.4 Å². The van der Waals surface area contributed by atoms with Gasteiger partial charge in [-0.05, 0) is 31.1 Å². The zero-order chi connectivity index (χ0) is 14.0. The van der Waals surface area contributed by atoms with Crippen LogP contribution in [0.3, 0.4) is 0 Å². The predicted octanol–water partition coefficient (Wildman–Crippen LogP) is 4.69. The van der Waals surface area contributed by atoms with Gasteiger partial charge in [0.1, 0.15) is 0 Å². The number of unbranched alkanes of at least 4 members (excludes halogenated alkanes) is 2. The van der Waals surface area contributed by atoms with Gasteiger partial charge < -0.3 is 9.84 Å². The molecule has 2 heteroatoms. The standard InChI is InChI=1S/C17H34O2/c1-3-5-7-11-17(12-8-6-9-13-17)15-19-14-16(18)10-4-2/h16,18H,3-15H2,1-2H3. The van der Waals surface area contributed by atoms with E-state index in [4.69, 9.17) is 4.74 Å². The molecule has 2 nitrogen and oxygen atoms in total. The van der Waals surface area contributed by atoms with Crippen molar-refractivity contribution in [3.8, 4) is 0 Å². The average molecular weight is 270 g/mol. The Labute approximate surface area is 119 Å². The quantitative estimate of drug-likeness (QED) is 0.583. The molecule has 0 aliphatic heterocycles. The van der Waals surface area contributed by atoms with Crippen molar-refractivity contribution < 1.29 is 9.84 Å². The summed E-state index contributed by atoms with van der Waals surface area (Å²) in [7, 11) is 0. The van der Waals surface area contributed by atoms with Crippen molar-refractivity contribution in [2.75, 3.05) is 13.2 Å². The Kier molecular flexibility index (Phi) is 8.72. The van der Waals surface area contributed by atoms with Gasteiger partial charge in [-0.25, -0.2) is 0 Å². The molecule has 0 bridgehead atoms. The molecule has 0 aromatic rings. The zero-order valence-corrected chi connectivity index (χ0v) is 13.1. The van der Waals surface area contributed by atoms with Crippen LogP contribution in [0.2, 0.25) is 0 Å². The Balaban J connectivity index is 2.32. The number of hydrogen-bond donors (Lipinski definition) is 1. The van der Waals surface area contributed by atoms with Gasteiger partial charge in [-0.15, -0.1) is 0 Å². The summed E-state index contributed by atoms with van der Waals surface area (Å²) in [5.41, 5.74) is 0.430. The molecule has 19 heavy (non-hydrogen) atoms. The molecular formula is C17H34O2. The third-order valence-electron chi connectivity index (χ3n) is 4.57. The predicted molar refractivity (Wildman–Crippen MR) is 81.4 cm³/mol. The highest BCUT2D eigenvalue weighted by Crippen LogP contribution is 2.41. The zero-order valence-electron chi connectivity index (χ0n) is 13.1. The first kappa shape index (κ1) is 17.0. The Morgan fingerprint density at radius 1 is 1.05 bits per heavy atom. The summed E-state index contributed by atoms with van der Waals surface area (Å²) < 4.78 is 5.87. The maximum Gasteiger partial charge on any atom is 0.0773 e. The molecule has 0 saturated heterocycles. The van der Waals surface area contributed by atoms with Crippen LogP contribution in [0, 0.1) is 5.41 Å². The van der Waals surface area contributed by atoms with Gasteiger partial charge in [-0.3, -0.25) is 0 Å². The Bertz CT molecular complexity index is 209. The third-order valence-corrected chi connectivity index (χ3v) is 4.57. The third kappa shape index (κ3) is 6.76. The van der Waals surface area contributed by atoms with Crippen molar-refractivity contribution in [1.29, 1.82) is 0 Å². The number of aliphatic hydroxyl groups excluding tert-OH is 1. The fraction of sp³-hybridized carbons (Fsp3) is 1.00. The van der Waals surface area contributed by atoms with Crippen molar-refractivity contribution in [1.82, 2.24) is 0 Å². The summed E-state index contributed by atoms with van der Waals surface area (Å²) >= 11 is 0. The summed E-state index contributed by atoms with van der Waals surface area (Å²) in [5, 5.41) is 9.75. The van der Waals surface area contributed by atoms with E-state index in [1.54, 1.807) is 0 Å². The fourth-order valence-corrected chi connectivity index (χ4v) is 3.35. The van der Waals surface area contributed by atoms with Crippen LogP contribution in [-0.4, -0.2) is 24.4 Å². The first-order valence-corrected chi connectivity index (χ1v) is 8.48. The molecule has 114 valence electrons. The molecular weight excluding hydrogens is 236 g/mol. The Morgan fingerprint density at radius 2 is 1.79 bits per heavy atom. The van der Waals surface area contributed by atoms with Crippen LogP contribution in [0.5, 0.6) is 0 Å². The van der Waals surface area contributed by atoms with E-state index in [1.807, 2.05) is 0 Å². The first-order valence-electron chi connectivity index (χ1n) is 8.48. The van der Waals surface area contributed by atoms with Crippen molar-refractivity contribution in [2.45, 2.75) is 90.6 Å². The van der Waals surface area contributed by atoms with E-state index in [2.05, 4.69) is 13.8 Å². The molecule has 1 aliphatic carbocycles. The molecule has 0 amide bonds.